The third-order valence-electron chi connectivity index (χ3n) is 3.17. The highest BCUT2D eigenvalue weighted by Gasteiger charge is 2.31. The molecule has 1 aliphatic rings. The maximum Gasteiger partial charge on any atom is 0.573 e. The molecule has 4 amide bonds. The van der Waals surface area contributed by atoms with Crippen LogP contribution in [0.25, 0.3) is 0 Å². The number of halogens is 3. The van der Waals surface area contributed by atoms with Gasteiger partial charge in [0.25, 0.3) is 5.91 Å². The predicted octanol–water partition coefficient (Wildman–Crippen LogP) is 1.19. The van der Waals surface area contributed by atoms with E-state index in [2.05, 4.69) is 20.7 Å². The molecule has 1 aromatic rings. The van der Waals surface area contributed by atoms with E-state index in [1.165, 1.54) is 12.1 Å². The van der Waals surface area contributed by atoms with Crippen molar-refractivity contribution in [2.24, 2.45) is 0 Å². The summed E-state index contributed by atoms with van der Waals surface area (Å²) in [7, 11) is 0. The second-order valence-electron chi connectivity index (χ2n) is 5.02. The molecule has 1 heterocycles. The summed E-state index contributed by atoms with van der Waals surface area (Å²) in [6, 6.07) is 3.76. The van der Waals surface area contributed by atoms with Crippen molar-refractivity contribution in [3.63, 3.8) is 0 Å². The number of amides is 4. The minimum absolute atomic E-state index is 0.0215. The molecule has 1 fully saturated rings. The van der Waals surface area contributed by atoms with Gasteiger partial charge in [-0.15, -0.1) is 13.2 Å². The molecule has 3 N–H and O–H groups in total. The Balaban J connectivity index is 1.73. The molecule has 0 bridgehead atoms. The van der Waals surface area contributed by atoms with Gasteiger partial charge in [-0.3, -0.25) is 14.9 Å². The Morgan fingerprint density at radius 1 is 1.21 bits per heavy atom. The summed E-state index contributed by atoms with van der Waals surface area (Å²) >= 11 is 0. The average Bonchev–Trinajstić information content (AvgIpc) is 2.81. The molecular formula is C14H14F3N3O4. The van der Waals surface area contributed by atoms with E-state index in [0.29, 0.717) is 5.56 Å². The Hall–Kier alpha value is -2.78. The van der Waals surface area contributed by atoms with Crippen molar-refractivity contribution >= 4 is 17.8 Å². The number of carbonyl (C=O) groups is 3. The van der Waals surface area contributed by atoms with Gasteiger partial charge in [-0.05, 0) is 24.1 Å². The SMILES string of the molecule is O=C(CC[C@H]1NC(=O)NC1=O)NCc1ccc(OC(F)(F)F)cc1. The average molecular weight is 345 g/mol. The van der Waals surface area contributed by atoms with E-state index < -0.39 is 24.3 Å². The number of carbonyl (C=O) groups excluding carboxylic acids is 3. The molecule has 1 aromatic carbocycles. The van der Waals surface area contributed by atoms with Crippen LogP contribution < -0.4 is 20.7 Å². The molecule has 10 heteroatoms. The highest BCUT2D eigenvalue weighted by Crippen LogP contribution is 2.22. The van der Waals surface area contributed by atoms with Crippen LogP contribution in [0, 0.1) is 0 Å². The second-order valence-corrected chi connectivity index (χ2v) is 5.02. The molecule has 1 atom stereocenters. The molecule has 0 saturated carbocycles. The highest BCUT2D eigenvalue weighted by molar-refractivity contribution is 6.04. The molecule has 24 heavy (non-hydrogen) atoms. The van der Waals surface area contributed by atoms with Crippen molar-refractivity contribution in [2.45, 2.75) is 31.8 Å². The number of hydrogen-bond donors (Lipinski definition) is 3. The Morgan fingerprint density at radius 2 is 1.88 bits per heavy atom. The predicted molar refractivity (Wildman–Crippen MR) is 74.7 cm³/mol. The molecule has 0 aromatic heterocycles. The van der Waals surface area contributed by atoms with Crippen molar-refractivity contribution in [3.05, 3.63) is 29.8 Å². The molecule has 1 aliphatic heterocycles. The van der Waals surface area contributed by atoms with Gasteiger partial charge in [0.15, 0.2) is 0 Å². The third-order valence-corrected chi connectivity index (χ3v) is 3.17. The lowest BCUT2D eigenvalue weighted by Crippen LogP contribution is -2.31. The molecule has 7 nitrogen and oxygen atoms in total. The lowest BCUT2D eigenvalue weighted by atomic mass is 10.1. The Bertz CT molecular complexity index is 631. The van der Waals surface area contributed by atoms with Gasteiger partial charge in [-0.25, -0.2) is 4.79 Å². The highest BCUT2D eigenvalue weighted by atomic mass is 19.4. The second kappa shape index (κ2) is 7.20. The third kappa shape index (κ3) is 5.45. The van der Waals surface area contributed by atoms with E-state index in [-0.39, 0.29) is 31.0 Å². The van der Waals surface area contributed by atoms with E-state index in [0.717, 1.165) is 12.1 Å². The van der Waals surface area contributed by atoms with Crippen LogP contribution >= 0.6 is 0 Å². The van der Waals surface area contributed by atoms with Crippen LogP contribution in [0.3, 0.4) is 0 Å². The van der Waals surface area contributed by atoms with Crippen LogP contribution in [0.4, 0.5) is 18.0 Å². The van der Waals surface area contributed by atoms with Crippen LogP contribution in [0.1, 0.15) is 18.4 Å². The van der Waals surface area contributed by atoms with Gasteiger partial charge in [-0.2, -0.15) is 0 Å². The standard InChI is InChI=1S/C14H14F3N3O4/c15-14(16,17)24-9-3-1-8(2-4-9)7-18-11(21)6-5-10-12(22)20-13(23)19-10/h1-4,10H,5-7H2,(H,18,21)(H2,19,20,22,23)/t10-/m1/s1. The van der Waals surface area contributed by atoms with Gasteiger partial charge in [-0.1, -0.05) is 12.1 Å². The lowest BCUT2D eigenvalue weighted by Gasteiger charge is -2.10. The van der Waals surface area contributed by atoms with Gasteiger partial charge < -0.3 is 15.4 Å². The largest absolute Gasteiger partial charge is 0.573 e. The molecule has 130 valence electrons. The van der Waals surface area contributed by atoms with Crippen molar-refractivity contribution in [1.82, 2.24) is 16.0 Å². The van der Waals surface area contributed by atoms with E-state index in [1.54, 1.807) is 0 Å². The number of nitrogens with one attached hydrogen (secondary N) is 3. The number of rotatable bonds is 6. The lowest BCUT2D eigenvalue weighted by molar-refractivity contribution is -0.274. The first-order valence-electron chi connectivity index (χ1n) is 6.96. The quantitative estimate of drug-likeness (QED) is 0.675. The van der Waals surface area contributed by atoms with E-state index in [9.17, 15) is 27.6 Å². The molecule has 2 rings (SSSR count). The molecule has 0 spiro atoms. The molecule has 0 unspecified atom stereocenters. The minimum Gasteiger partial charge on any atom is -0.406 e. The maximum absolute atomic E-state index is 12.0. The Labute approximate surface area is 134 Å². The fraction of sp³-hybridized carbons (Fsp3) is 0.357. The Kier molecular flexibility index (Phi) is 5.27. The van der Waals surface area contributed by atoms with Crippen LogP contribution in [0.2, 0.25) is 0 Å². The van der Waals surface area contributed by atoms with Gasteiger partial charge in [0, 0.05) is 13.0 Å². The van der Waals surface area contributed by atoms with Crippen LogP contribution in [-0.4, -0.2) is 30.2 Å². The normalized spacial score (nSPS) is 17.2. The van der Waals surface area contributed by atoms with E-state index in [1.807, 2.05) is 0 Å². The summed E-state index contributed by atoms with van der Waals surface area (Å²) in [6.07, 6.45) is -4.58. The fourth-order valence-electron chi connectivity index (χ4n) is 2.04. The summed E-state index contributed by atoms with van der Waals surface area (Å²) in [5.74, 6) is -1.17. The summed E-state index contributed by atoms with van der Waals surface area (Å²) in [6.45, 7) is 0.119. The smallest absolute Gasteiger partial charge is 0.406 e. The van der Waals surface area contributed by atoms with Gasteiger partial charge in [0.1, 0.15) is 11.8 Å². The summed E-state index contributed by atoms with van der Waals surface area (Å²) in [5, 5.41) is 7.00. The maximum atomic E-state index is 12.0. The van der Waals surface area contributed by atoms with Crippen molar-refractivity contribution in [3.8, 4) is 5.75 Å². The summed E-state index contributed by atoms with van der Waals surface area (Å²) < 4.78 is 39.8. The van der Waals surface area contributed by atoms with Crippen LogP contribution in [-0.2, 0) is 16.1 Å². The number of benzene rings is 1. The van der Waals surface area contributed by atoms with Crippen molar-refractivity contribution in [2.75, 3.05) is 0 Å². The Morgan fingerprint density at radius 3 is 2.42 bits per heavy atom. The topological polar surface area (TPSA) is 96.5 Å². The van der Waals surface area contributed by atoms with Crippen molar-refractivity contribution < 1.29 is 32.3 Å². The monoisotopic (exact) mass is 345 g/mol. The van der Waals surface area contributed by atoms with Crippen molar-refractivity contribution in [1.29, 1.82) is 0 Å². The van der Waals surface area contributed by atoms with E-state index >= 15 is 0 Å². The number of alkyl halides is 3. The van der Waals surface area contributed by atoms with Crippen LogP contribution in [0.15, 0.2) is 24.3 Å². The fourth-order valence-corrected chi connectivity index (χ4v) is 2.04. The van der Waals surface area contributed by atoms with E-state index in [4.69, 9.17) is 0 Å². The number of ether oxygens (including phenoxy) is 1. The first-order valence-corrected chi connectivity index (χ1v) is 6.96. The molecule has 1 saturated heterocycles. The zero-order valence-corrected chi connectivity index (χ0v) is 12.3. The summed E-state index contributed by atoms with van der Waals surface area (Å²) in [5.41, 5.74) is 0.588. The zero-order valence-electron chi connectivity index (χ0n) is 12.3. The molecular weight excluding hydrogens is 331 g/mol. The number of urea groups is 1. The van der Waals surface area contributed by atoms with Crippen LogP contribution in [0.5, 0.6) is 5.75 Å². The zero-order chi connectivity index (χ0) is 17.7. The van der Waals surface area contributed by atoms with Gasteiger partial charge >= 0.3 is 12.4 Å². The first-order chi connectivity index (χ1) is 11.2. The first kappa shape index (κ1) is 17.6. The number of imide groups is 1. The summed E-state index contributed by atoms with van der Waals surface area (Å²) in [4.78, 5) is 33.9. The van der Waals surface area contributed by atoms with Gasteiger partial charge in [0.05, 0.1) is 0 Å². The molecule has 0 radical (unpaired) electrons. The molecule has 0 aliphatic carbocycles. The minimum atomic E-state index is -4.75. The number of hydrogen-bond acceptors (Lipinski definition) is 4. The van der Waals surface area contributed by atoms with Gasteiger partial charge in [0.2, 0.25) is 5.91 Å².